The van der Waals surface area contributed by atoms with Crippen molar-refractivity contribution >= 4 is 28.8 Å². The third-order valence-corrected chi connectivity index (χ3v) is 3.99. The number of rotatable bonds is 2. The van der Waals surface area contributed by atoms with Crippen LogP contribution in [-0.2, 0) is 0 Å². The van der Waals surface area contributed by atoms with E-state index in [2.05, 4.69) is 15.5 Å². The fraction of sp³-hybridized carbons (Fsp3) is 0. The summed E-state index contributed by atoms with van der Waals surface area (Å²) < 4.78 is 0. The summed E-state index contributed by atoms with van der Waals surface area (Å²) in [6.45, 7) is 0. The number of hydrogen-bond donors (Lipinski definition) is 1. The number of benzene rings is 2. The first-order valence-corrected chi connectivity index (χ1v) is 7.87. The fourth-order valence-electron chi connectivity index (χ4n) is 2.55. The summed E-state index contributed by atoms with van der Waals surface area (Å²) in [4.78, 5) is 8.82. The maximum atomic E-state index is 5.97. The number of nitrogens with one attached hydrogen (secondary N) is 1. The Morgan fingerprint density at radius 2 is 1.54 bits per heavy atom. The predicted molar refractivity (Wildman–Crippen MR) is 97.1 cm³/mol. The zero-order valence-corrected chi connectivity index (χ0v) is 13.4. The topological polar surface area (TPSA) is 49.6 Å². The number of aromatic nitrogens is 1. The summed E-state index contributed by atoms with van der Waals surface area (Å²) in [6, 6.07) is 19.3. The van der Waals surface area contributed by atoms with Gasteiger partial charge in [0.25, 0.3) is 0 Å². The maximum Gasteiger partial charge on any atom is 0.154 e. The number of hydrogen-bond acceptors (Lipinski definition) is 4. The van der Waals surface area contributed by atoms with E-state index in [4.69, 9.17) is 16.6 Å². The van der Waals surface area contributed by atoms with Crippen molar-refractivity contribution in [3.05, 3.63) is 94.8 Å². The lowest BCUT2D eigenvalue weighted by Gasteiger charge is -2.06. The number of pyridine rings is 1. The van der Waals surface area contributed by atoms with Crippen molar-refractivity contribution in [1.82, 2.24) is 10.4 Å². The molecule has 0 saturated carbocycles. The molecule has 0 atom stereocenters. The number of fused-ring (bicyclic) bond motifs is 1. The molecule has 3 aromatic rings. The minimum Gasteiger partial charge on any atom is -0.265 e. The highest BCUT2D eigenvalue weighted by Gasteiger charge is 2.16. The standard InChI is InChI=1S/C19H13ClN4/c20-15-7-5-14(6-8-15)19-22-17-4-2-1-3-16(17)18(23-24-19)13-9-11-21-12-10-13/h1-12H,(H,22,24). The molecule has 1 aromatic heterocycles. The zero-order valence-electron chi connectivity index (χ0n) is 12.6. The van der Waals surface area contributed by atoms with E-state index in [9.17, 15) is 0 Å². The first kappa shape index (κ1) is 14.6. The predicted octanol–water partition coefficient (Wildman–Crippen LogP) is 4.17. The van der Waals surface area contributed by atoms with Gasteiger partial charge >= 0.3 is 0 Å². The zero-order chi connectivity index (χ0) is 16.4. The molecule has 0 amide bonds. The maximum absolute atomic E-state index is 5.97. The normalized spacial score (nSPS) is 13.2. The van der Waals surface area contributed by atoms with Crippen molar-refractivity contribution < 1.29 is 0 Å². The summed E-state index contributed by atoms with van der Waals surface area (Å²) in [5.74, 6) is 0.683. The Hall–Kier alpha value is -2.98. The van der Waals surface area contributed by atoms with Crippen molar-refractivity contribution in [2.24, 2.45) is 10.1 Å². The van der Waals surface area contributed by atoms with Crippen LogP contribution in [0.25, 0.3) is 0 Å². The first-order valence-electron chi connectivity index (χ1n) is 7.49. The molecule has 0 bridgehead atoms. The Morgan fingerprint density at radius 1 is 0.792 bits per heavy atom. The van der Waals surface area contributed by atoms with Crippen LogP contribution < -0.4 is 5.43 Å². The fourth-order valence-corrected chi connectivity index (χ4v) is 2.68. The van der Waals surface area contributed by atoms with Gasteiger partial charge in [-0.3, -0.25) is 10.4 Å². The monoisotopic (exact) mass is 332 g/mol. The summed E-state index contributed by atoms with van der Waals surface area (Å²) >= 11 is 5.97. The minimum absolute atomic E-state index is 0.683. The van der Waals surface area contributed by atoms with E-state index >= 15 is 0 Å². The van der Waals surface area contributed by atoms with Gasteiger partial charge in [0.2, 0.25) is 0 Å². The van der Waals surface area contributed by atoms with Gasteiger partial charge in [0.15, 0.2) is 5.84 Å². The van der Waals surface area contributed by atoms with Gasteiger partial charge in [0, 0.05) is 34.1 Å². The highest BCUT2D eigenvalue weighted by Crippen LogP contribution is 2.25. The summed E-state index contributed by atoms with van der Waals surface area (Å²) in [5, 5.41) is 5.28. The molecule has 4 nitrogen and oxygen atoms in total. The molecule has 0 saturated heterocycles. The second-order valence-electron chi connectivity index (χ2n) is 5.29. The molecule has 4 rings (SSSR count). The minimum atomic E-state index is 0.683. The molecule has 2 aromatic carbocycles. The van der Waals surface area contributed by atoms with Crippen LogP contribution in [0.15, 0.2) is 83.2 Å². The number of nitrogens with zero attached hydrogens (tertiary/aromatic N) is 3. The molecular formula is C19H13ClN4. The SMILES string of the molecule is Clc1ccc(C2=Nc3ccccc3C(c3ccncc3)=NN2)cc1. The average Bonchev–Trinajstić information content (AvgIpc) is 2.83. The van der Waals surface area contributed by atoms with Gasteiger partial charge in [-0.1, -0.05) is 29.8 Å². The van der Waals surface area contributed by atoms with Gasteiger partial charge in [-0.05, 0) is 42.5 Å². The third kappa shape index (κ3) is 2.79. The van der Waals surface area contributed by atoms with Crippen LogP contribution in [0.4, 0.5) is 5.69 Å². The largest absolute Gasteiger partial charge is 0.265 e. The van der Waals surface area contributed by atoms with Gasteiger partial charge in [-0.15, -0.1) is 0 Å². The molecule has 1 aliphatic heterocycles. The Morgan fingerprint density at radius 3 is 2.33 bits per heavy atom. The Kier molecular flexibility index (Phi) is 3.81. The van der Waals surface area contributed by atoms with Gasteiger partial charge in [0.05, 0.1) is 5.69 Å². The Balaban J connectivity index is 1.84. The lowest BCUT2D eigenvalue weighted by Crippen LogP contribution is -2.19. The quantitative estimate of drug-likeness (QED) is 0.765. The second kappa shape index (κ2) is 6.26. The highest BCUT2D eigenvalue weighted by atomic mass is 35.5. The summed E-state index contributed by atoms with van der Waals surface area (Å²) in [6.07, 6.45) is 3.51. The molecule has 0 unspecified atom stereocenters. The van der Waals surface area contributed by atoms with E-state index in [0.29, 0.717) is 10.9 Å². The summed E-state index contributed by atoms with van der Waals surface area (Å²) in [5.41, 5.74) is 7.67. The molecule has 0 spiro atoms. The molecule has 0 radical (unpaired) electrons. The average molecular weight is 333 g/mol. The lowest BCUT2D eigenvalue weighted by atomic mass is 10.0. The van der Waals surface area contributed by atoms with Crippen molar-refractivity contribution in [3.8, 4) is 0 Å². The van der Waals surface area contributed by atoms with E-state index in [1.165, 1.54) is 0 Å². The van der Waals surface area contributed by atoms with Crippen molar-refractivity contribution in [1.29, 1.82) is 0 Å². The van der Waals surface area contributed by atoms with Crippen LogP contribution in [0.2, 0.25) is 5.02 Å². The van der Waals surface area contributed by atoms with E-state index < -0.39 is 0 Å². The Bertz CT molecular complexity index is 931. The molecule has 2 heterocycles. The third-order valence-electron chi connectivity index (χ3n) is 3.74. The van der Waals surface area contributed by atoms with Gasteiger partial charge in [0.1, 0.15) is 5.71 Å². The van der Waals surface area contributed by atoms with E-state index in [1.807, 2.05) is 60.7 Å². The van der Waals surface area contributed by atoms with Crippen LogP contribution in [-0.4, -0.2) is 16.5 Å². The molecule has 5 heteroatoms. The van der Waals surface area contributed by atoms with Crippen LogP contribution in [0, 0.1) is 0 Å². The molecule has 24 heavy (non-hydrogen) atoms. The lowest BCUT2D eigenvalue weighted by molar-refractivity contribution is 1.03. The molecule has 1 aliphatic rings. The van der Waals surface area contributed by atoms with E-state index in [1.54, 1.807) is 12.4 Å². The molecule has 116 valence electrons. The van der Waals surface area contributed by atoms with Crippen molar-refractivity contribution in [2.45, 2.75) is 0 Å². The second-order valence-corrected chi connectivity index (χ2v) is 5.73. The molecule has 0 fully saturated rings. The van der Waals surface area contributed by atoms with E-state index in [0.717, 1.165) is 28.1 Å². The van der Waals surface area contributed by atoms with Crippen LogP contribution in [0.1, 0.15) is 16.7 Å². The molecule has 0 aliphatic carbocycles. The smallest absolute Gasteiger partial charge is 0.154 e. The highest BCUT2D eigenvalue weighted by molar-refractivity contribution is 6.30. The summed E-state index contributed by atoms with van der Waals surface area (Å²) in [7, 11) is 0. The van der Waals surface area contributed by atoms with E-state index in [-0.39, 0.29) is 0 Å². The van der Waals surface area contributed by atoms with Crippen LogP contribution >= 0.6 is 11.6 Å². The molecular weight excluding hydrogens is 320 g/mol. The van der Waals surface area contributed by atoms with Crippen LogP contribution in [0.5, 0.6) is 0 Å². The number of amidine groups is 1. The number of hydrazone groups is 1. The van der Waals surface area contributed by atoms with Crippen LogP contribution in [0.3, 0.4) is 0 Å². The van der Waals surface area contributed by atoms with Gasteiger partial charge < -0.3 is 0 Å². The number of aliphatic imine (C=N–C) groups is 1. The first-order chi connectivity index (χ1) is 11.8. The number of para-hydroxylation sites is 1. The van der Waals surface area contributed by atoms with Crippen molar-refractivity contribution in [2.75, 3.05) is 0 Å². The number of halogens is 1. The molecule has 1 N–H and O–H groups in total. The Labute approximate surface area is 144 Å². The van der Waals surface area contributed by atoms with Gasteiger partial charge in [-0.25, -0.2) is 4.99 Å². The van der Waals surface area contributed by atoms with Gasteiger partial charge in [-0.2, -0.15) is 5.10 Å². The van der Waals surface area contributed by atoms with Crippen molar-refractivity contribution in [3.63, 3.8) is 0 Å².